The van der Waals surface area contributed by atoms with Crippen LogP contribution in [0.1, 0.15) is 37.3 Å². The van der Waals surface area contributed by atoms with E-state index >= 15 is 0 Å². The zero-order valence-corrected chi connectivity index (χ0v) is 11.8. The molecule has 1 N–H and O–H groups in total. The molecular formula is C15H22FNO2. The van der Waals surface area contributed by atoms with E-state index in [0.717, 1.165) is 19.3 Å². The van der Waals surface area contributed by atoms with Gasteiger partial charge in [-0.15, -0.1) is 0 Å². The van der Waals surface area contributed by atoms with Crippen LogP contribution >= 0.6 is 0 Å². The fourth-order valence-electron chi connectivity index (χ4n) is 2.72. The number of ether oxygens (including phenoxy) is 2. The SMILES string of the molecule is CNC(CC1(OC)CCC1)c1ccc(OC)cc1F. The lowest BCUT2D eigenvalue weighted by molar-refractivity contribution is -0.0836. The molecule has 1 saturated carbocycles. The highest BCUT2D eigenvalue weighted by atomic mass is 19.1. The summed E-state index contributed by atoms with van der Waals surface area (Å²) in [5.74, 6) is 0.311. The van der Waals surface area contributed by atoms with Crippen molar-refractivity contribution in [2.75, 3.05) is 21.3 Å². The van der Waals surface area contributed by atoms with E-state index in [2.05, 4.69) is 5.32 Å². The summed E-state index contributed by atoms with van der Waals surface area (Å²) in [7, 11) is 5.14. The second kappa shape index (κ2) is 5.88. The Kier molecular flexibility index (Phi) is 4.42. The second-order valence-corrected chi connectivity index (χ2v) is 5.17. The Labute approximate surface area is 114 Å². The van der Waals surface area contributed by atoms with E-state index in [4.69, 9.17) is 9.47 Å². The number of hydrogen-bond acceptors (Lipinski definition) is 3. The number of nitrogens with one attached hydrogen (secondary N) is 1. The van der Waals surface area contributed by atoms with Crippen molar-refractivity contribution in [1.82, 2.24) is 5.32 Å². The second-order valence-electron chi connectivity index (χ2n) is 5.17. The first-order chi connectivity index (χ1) is 9.14. The van der Waals surface area contributed by atoms with Crippen molar-refractivity contribution in [2.24, 2.45) is 0 Å². The van der Waals surface area contributed by atoms with Crippen LogP contribution < -0.4 is 10.1 Å². The molecule has 1 unspecified atom stereocenters. The monoisotopic (exact) mass is 267 g/mol. The summed E-state index contributed by atoms with van der Waals surface area (Å²) < 4.78 is 24.8. The molecule has 1 aromatic rings. The van der Waals surface area contributed by atoms with Gasteiger partial charge in [0.2, 0.25) is 0 Å². The summed E-state index contributed by atoms with van der Waals surface area (Å²) in [6.45, 7) is 0. The molecule has 1 aliphatic carbocycles. The molecule has 0 bridgehead atoms. The molecule has 4 heteroatoms. The van der Waals surface area contributed by atoms with Gasteiger partial charge in [-0.05, 0) is 38.8 Å². The number of methoxy groups -OCH3 is 2. The van der Waals surface area contributed by atoms with Crippen molar-refractivity contribution >= 4 is 0 Å². The van der Waals surface area contributed by atoms with Crippen LogP contribution in [0.15, 0.2) is 18.2 Å². The Bertz CT molecular complexity index is 427. The van der Waals surface area contributed by atoms with Gasteiger partial charge in [-0.3, -0.25) is 0 Å². The van der Waals surface area contributed by atoms with Crippen LogP contribution in [0, 0.1) is 5.82 Å². The highest BCUT2D eigenvalue weighted by Gasteiger charge is 2.39. The predicted molar refractivity (Wildman–Crippen MR) is 73.0 cm³/mol. The maximum absolute atomic E-state index is 14.1. The molecule has 3 nitrogen and oxygen atoms in total. The molecule has 0 heterocycles. The third-order valence-corrected chi connectivity index (χ3v) is 4.21. The summed E-state index contributed by atoms with van der Waals surface area (Å²) in [5.41, 5.74) is 0.590. The fraction of sp³-hybridized carbons (Fsp3) is 0.600. The van der Waals surface area contributed by atoms with Gasteiger partial charge in [-0.25, -0.2) is 4.39 Å². The summed E-state index contributed by atoms with van der Waals surface area (Å²) in [5, 5.41) is 3.19. The molecule has 0 amide bonds. The van der Waals surface area contributed by atoms with E-state index in [-0.39, 0.29) is 17.5 Å². The lowest BCUT2D eigenvalue weighted by Gasteiger charge is -2.43. The zero-order chi connectivity index (χ0) is 13.9. The molecule has 1 fully saturated rings. The van der Waals surface area contributed by atoms with Gasteiger partial charge < -0.3 is 14.8 Å². The normalized spacial score (nSPS) is 18.7. The lowest BCUT2D eigenvalue weighted by atomic mass is 9.74. The van der Waals surface area contributed by atoms with Crippen LogP contribution in [0.2, 0.25) is 0 Å². The standard InChI is InChI=1S/C15H22FNO2/c1-17-14(10-15(19-3)7-4-8-15)12-6-5-11(18-2)9-13(12)16/h5-6,9,14,17H,4,7-8,10H2,1-3H3. The van der Waals surface area contributed by atoms with Crippen LogP contribution in [0.3, 0.4) is 0 Å². The summed E-state index contributed by atoms with van der Waals surface area (Å²) >= 11 is 0. The maximum atomic E-state index is 14.1. The van der Waals surface area contributed by atoms with Crippen LogP contribution in [-0.4, -0.2) is 26.9 Å². The largest absolute Gasteiger partial charge is 0.497 e. The van der Waals surface area contributed by atoms with Gasteiger partial charge in [0.15, 0.2) is 0 Å². The number of benzene rings is 1. The van der Waals surface area contributed by atoms with Gasteiger partial charge in [-0.2, -0.15) is 0 Å². The molecule has 0 aromatic heterocycles. The molecule has 0 radical (unpaired) electrons. The highest BCUT2D eigenvalue weighted by Crippen LogP contribution is 2.42. The number of rotatable bonds is 6. The van der Waals surface area contributed by atoms with Gasteiger partial charge in [0.05, 0.1) is 12.7 Å². The van der Waals surface area contributed by atoms with Gasteiger partial charge in [0.1, 0.15) is 11.6 Å². The number of hydrogen-bond donors (Lipinski definition) is 1. The molecule has 19 heavy (non-hydrogen) atoms. The van der Waals surface area contributed by atoms with Crippen molar-refractivity contribution in [3.8, 4) is 5.75 Å². The van der Waals surface area contributed by atoms with E-state index < -0.39 is 0 Å². The zero-order valence-electron chi connectivity index (χ0n) is 11.8. The van der Waals surface area contributed by atoms with Crippen molar-refractivity contribution in [2.45, 2.75) is 37.3 Å². The smallest absolute Gasteiger partial charge is 0.131 e. The minimum absolute atomic E-state index is 0.0360. The molecule has 2 rings (SSSR count). The van der Waals surface area contributed by atoms with E-state index in [1.807, 2.05) is 7.05 Å². The summed E-state index contributed by atoms with van der Waals surface area (Å²) in [4.78, 5) is 0. The van der Waals surface area contributed by atoms with Gasteiger partial charge >= 0.3 is 0 Å². The topological polar surface area (TPSA) is 30.5 Å². The van der Waals surface area contributed by atoms with Crippen LogP contribution in [0.25, 0.3) is 0 Å². The third-order valence-electron chi connectivity index (χ3n) is 4.21. The molecule has 0 spiro atoms. The average molecular weight is 267 g/mol. The Hall–Kier alpha value is -1.13. The third kappa shape index (κ3) is 2.90. The molecule has 1 aliphatic rings. The first-order valence-electron chi connectivity index (χ1n) is 6.70. The van der Waals surface area contributed by atoms with Gasteiger partial charge in [0.25, 0.3) is 0 Å². The van der Waals surface area contributed by atoms with Crippen LogP contribution in [-0.2, 0) is 4.74 Å². The maximum Gasteiger partial charge on any atom is 0.131 e. The van der Waals surface area contributed by atoms with Crippen molar-refractivity contribution in [1.29, 1.82) is 0 Å². The number of halogens is 1. The highest BCUT2D eigenvalue weighted by molar-refractivity contribution is 5.31. The van der Waals surface area contributed by atoms with E-state index in [1.54, 1.807) is 19.2 Å². The van der Waals surface area contributed by atoms with Crippen molar-refractivity contribution < 1.29 is 13.9 Å². The molecule has 1 aromatic carbocycles. The molecular weight excluding hydrogens is 245 g/mol. The Morgan fingerprint density at radius 2 is 2.11 bits per heavy atom. The summed E-state index contributed by atoms with van der Waals surface area (Å²) in [6.07, 6.45) is 4.09. The Morgan fingerprint density at radius 3 is 2.53 bits per heavy atom. The first kappa shape index (κ1) is 14.3. The van der Waals surface area contributed by atoms with Gasteiger partial charge in [0, 0.05) is 24.8 Å². The van der Waals surface area contributed by atoms with Gasteiger partial charge in [-0.1, -0.05) is 6.07 Å². The van der Waals surface area contributed by atoms with Crippen molar-refractivity contribution in [3.63, 3.8) is 0 Å². The quantitative estimate of drug-likeness (QED) is 0.859. The minimum atomic E-state index is -0.232. The first-order valence-corrected chi connectivity index (χ1v) is 6.70. The Morgan fingerprint density at radius 1 is 1.37 bits per heavy atom. The molecule has 0 saturated heterocycles. The van der Waals surface area contributed by atoms with E-state index in [0.29, 0.717) is 11.3 Å². The minimum Gasteiger partial charge on any atom is -0.497 e. The van der Waals surface area contributed by atoms with Crippen molar-refractivity contribution in [3.05, 3.63) is 29.6 Å². The predicted octanol–water partition coefficient (Wildman–Crippen LogP) is 3.05. The lowest BCUT2D eigenvalue weighted by Crippen LogP contribution is -2.42. The Balaban J connectivity index is 2.17. The van der Waals surface area contributed by atoms with E-state index in [1.165, 1.54) is 19.6 Å². The fourth-order valence-corrected chi connectivity index (χ4v) is 2.72. The average Bonchev–Trinajstić information content (AvgIpc) is 2.39. The van der Waals surface area contributed by atoms with Crippen LogP contribution in [0.4, 0.5) is 4.39 Å². The molecule has 106 valence electrons. The molecule has 0 aliphatic heterocycles. The molecule has 1 atom stereocenters. The summed E-state index contributed by atoms with van der Waals surface area (Å²) in [6, 6.07) is 4.98. The van der Waals surface area contributed by atoms with E-state index in [9.17, 15) is 4.39 Å². The van der Waals surface area contributed by atoms with Crippen LogP contribution in [0.5, 0.6) is 5.75 Å².